The molecule has 3 aromatic rings. The predicted octanol–water partition coefficient (Wildman–Crippen LogP) is 5.75. The number of fused-ring (bicyclic) bond motifs is 3. The Morgan fingerprint density at radius 1 is 0.765 bits per heavy atom. The van der Waals surface area contributed by atoms with E-state index in [2.05, 4.69) is 67.5 Å². The second kappa shape index (κ2) is 8.95. The summed E-state index contributed by atoms with van der Waals surface area (Å²) in [5, 5.41) is 0. The largest absolute Gasteiger partial charge is 0.304 e. The van der Waals surface area contributed by atoms with Gasteiger partial charge in [0.25, 0.3) is 10.1 Å². The molecule has 3 aliphatic carbocycles. The molecule has 0 aliphatic heterocycles. The lowest BCUT2D eigenvalue weighted by Crippen LogP contribution is -2.61. The van der Waals surface area contributed by atoms with E-state index in [1.807, 2.05) is 31.2 Å². The van der Waals surface area contributed by atoms with E-state index in [9.17, 15) is 8.42 Å². The lowest BCUT2D eigenvalue weighted by atomic mass is 9.52. The maximum Gasteiger partial charge on any atom is 0.297 e. The number of rotatable bonds is 6. The van der Waals surface area contributed by atoms with Crippen LogP contribution >= 0.6 is 0 Å². The zero-order chi connectivity index (χ0) is 23.9. The molecule has 3 aliphatic rings. The zero-order valence-electron chi connectivity index (χ0n) is 20.1. The van der Waals surface area contributed by atoms with Crippen LogP contribution < -0.4 is 0 Å². The molecule has 0 spiro atoms. The summed E-state index contributed by atoms with van der Waals surface area (Å²) in [5.74, 6) is 0.510. The van der Waals surface area contributed by atoms with Crippen molar-refractivity contribution in [2.24, 2.45) is 5.92 Å². The number of hydrogen-bond donors (Lipinski definition) is 0. The smallest absolute Gasteiger partial charge is 0.297 e. The summed E-state index contributed by atoms with van der Waals surface area (Å²) in [6.45, 7) is 1.95. The highest BCUT2D eigenvalue weighted by Crippen LogP contribution is 2.60. The number of aryl methyl sites for hydroxylation is 1. The van der Waals surface area contributed by atoms with E-state index >= 15 is 0 Å². The standard InChI is InChI=1S/C29H33NO3S/c1-21-14-16-24(17-15-21)34(31,32)33-27-20-29(30(2)3)18-25(22-10-6-4-7-11-22)28(27)26(19-29)23-12-8-5-9-13-23/h4-17,25-28H,18-20H2,1-3H3/t25-,26-,27+,28?,29?/m0/s1. The Morgan fingerprint density at radius 2 is 1.26 bits per heavy atom. The topological polar surface area (TPSA) is 46.6 Å². The van der Waals surface area contributed by atoms with Gasteiger partial charge in [0.1, 0.15) is 0 Å². The van der Waals surface area contributed by atoms with Gasteiger partial charge in [-0.3, -0.25) is 4.18 Å². The average Bonchev–Trinajstić information content (AvgIpc) is 2.85. The quantitative estimate of drug-likeness (QED) is 0.426. The number of benzene rings is 3. The van der Waals surface area contributed by atoms with E-state index in [1.165, 1.54) is 11.1 Å². The Hall–Kier alpha value is -2.47. The maximum absolute atomic E-state index is 13.4. The molecule has 0 amide bonds. The highest BCUT2D eigenvalue weighted by molar-refractivity contribution is 7.86. The summed E-state index contributed by atoms with van der Waals surface area (Å²) in [7, 11) is 0.371. The van der Waals surface area contributed by atoms with Crippen molar-refractivity contribution >= 4 is 10.1 Å². The van der Waals surface area contributed by atoms with Crippen molar-refractivity contribution in [2.75, 3.05) is 14.1 Å². The Bertz CT molecular complexity index is 1170. The van der Waals surface area contributed by atoms with Crippen molar-refractivity contribution in [3.63, 3.8) is 0 Å². The van der Waals surface area contributed by atoms with Gasteiger partial charge in [-0.1, -0.05) is 78.4 Å². The van der Waals surface area contributed by atoms with E-state index in [4.69, 9.17) is 4.18 Å². The van der Waals surface area contributed by atoms with Crippen LogP contribution in [0, 0.1) is 12.8 Å². The van der Waals surface area contributed by atoms with Gasteiger partial charge in [-0.25, -0.2) is 0 Å². The van der Waals surface area contributed by atoms with Gasteiger partial charge in [-0.15, -0.1) is 0 Å². The first-order valence-electron chi connectivity index (χ1n) is 12.1. The molecular formula is C29H33NO3S. The zero-order valence-corrected chi connectivity index (χ0v) is 20.9. The summed E-state index contributed by atoms with van der Waals surface area (Å²) in [6.07, 6.45) is 2.32. The first-order chi connectivity index (χ1) is 16.3. The van der Waals surface area contributed by atoms with E-state index in [-0.39, 0.29) is 28.2 Å². The van der Waals surface area contributed by atoms with Crippen molar-refractivity contribution in [1.29, 1.82) is 0 Å². The van der Waals surface area contributed by atoms with Gasteiger partial charge < -0.3 is 4.90 Å². The molecule has 3 fully saturated rings. The van der Waals surface area contributed by atoms with Gasteiger partial charge in [-0.05, 0) is 75.4 Å². The van der Waals surface area contributed by atoms with Crippen molar-refractivity contribution in [3.8, 4) is 0 Å². The molecule has 3 atom stereocenters. The van der Waals surface area contributed by atoms with Crippen molar-refractivity contribution in [3.05, 3.63) is 102 Å². The fraction of sp³-hybridized carbons (Fsp3) is 0.379. The van der Waals surface area contributed by atoms with Gasteiger partial charge in [0.2, 0.25) is 0 Å². The van der Waals surface area contributed by atoms with Crippen molar-refractivity contribution in [2.45, 2.75) is 54.6 Å². The minimum absolute atomic E-state index is 0.0758. The molecule has 0 saturated heterocycles. The molecule has 34 heavy (non-hydrogen) atoms. The van der Waals surface area contributed by atoms with Gasteiger partial charge in [-0.2, -0.15) is 8.42 Å². The van der Waals surface area contributed by atoms with Crippen LogP contribution in [0.15, 0.2) is 89.8 Å². The Labute approximate surface area is 203 Å². The summed E-state index contributed by atoms with van der Waals surface area (Å²) in [4.78, 5) is 2.54. The van der Waals surface area contributed by atoms with Crippen molar-refractivity contribution < 1.29 is 12.6 Å². The molecule has 3 aromatic carbocycles. The first kappa shape index (κ1) is 23.3. The first-order valence-corrected chi connectivity index (χ1v) is 13.5. The molecule has 6 rings (SSSR count). The van der Waals surface area contributed by atoms with Crippen LogP contribution in [0.5, 0.6) is 0 Å². The van der Waals surface area contributed by atoms with Crippen LogP contribution in [0.3, 0.4) is 0 Å². The SMILES string of the molecule is Cc1ccc(S(=O)(=O)O[C@@H]2CC3(N(C)C)C[C@@H](c4ccccc4)C2[C@H](c2ccccc2)C3)cc1. The molecule has 5 heteroatoms. The third kappa shape index (κ3) is 4.21. The highest BCUT2D eigenvalue weighted by atomic mass is 32.2. The summed E-state index contributed by atoms with van der Waals surface area (Å²) in [5.41, 5.74) is 3.42. The summed E-state index contributed by atoms with van der Waals surface area (Å²) < 4.78 is 33.0. The minimum atomic E-state index is -3.88. The van der Waals surface area contributed by atoms with Crippen LogP contribution in [-0.2, 0) is 14.3 Å². The molecule has 178 valence electrons. The normalized spacial score (nSPS) is 28.8. The Morgan fingerprint density at radius 3 is 1.74 bits per heavy atom. The van der Waals surface area contributed by atoms with Crippen LogP contribution in [0.4, 0.5) is 0 Å². The van der Waals surface area contributed by atoms with Gasteiger partial charge in [0, 0.05) is 11.5 Å². The lowest BCUT2D eigenvalue weighted by Gasteiger charge is -2.60. The second-order valence-corrected chi connectivity index (χ2v) is 11.8. The number of hydrogen-bond acceptors (Lipinski definition) is 4. The number of nitrogens with zero attached hydrogens (tertiary/aromatic N) is 1. The van der Waals surface area contributed by atoms with Crippen LogP contribution in [0.25, 0.3) is 0 Å². The Balaban J connectivity index is 1.60. The van der Waals surface area contributed by atoms with Gasteiger partial charge in [0.15, 0.2) is 0 Å². The van der Waals surface area contributed by atoms with E-state index in [1.54, 1.807) is 12.1 Å². The fourth-order valence-electron chi connectivity index (χ4n) is 6.30. The van der Waals surface area contributed by atoms with E-state index < -0.39 is 16.2 Å². The third-order valence-electron chi connectivity index (χ3n) is 8.10. The average molecular weight is 476 g/mol. The summed E-state index contributed by atoms with van der Waals surface area (Å²) in [6, 6.07) is 28.1. The second-order valence-electron chi connectivity index (χ2n) is 10.2. The monoisotopic (exact) mass is 475 g/mol. The fourth-order valence-corrected chi connectivity index (χ4v) is 7.40. The highest BCUT2D eigenvalue weighted by Gasteiger charge is 2.58. The Kier molecular flexibility index (Phi) is 6.13. The molecule has 0 heterocycles. The maximum atomic E-state index is 13.4. The molecule has 0 aromatic heterocycles. The lowest BCUT2D eigenvalue weighted by molar-refractivity contribution is -0.0784. The molecule has 0 N–H and O–H groups in total. The van der Waals surface area contributed by atoms with E-state index in [0.717, 1.165) is 18.4 Å². The summed E-state index contributed by atoms with van der Waals surface area (Å²) >= 11 is 0. The van der Waals surface area contributed by atoms with E-state index in [0.29, 0.717) is 6.42 Å². The third-order valence-corrected chi connectivity index (χ3v) is 9.45. The molecule has 2 bridgehead atoms. The van der Waals surface area contributed by atoms with Crippen LogP contribution in [0.2, 0.25) is 0 Å². The van der Waals surface area contributed by atoms with Crippen LogP contribution in [0.1, 0.15) is 47.8 Å². The molecular weight excluding hydrogens is 442 g/mol. The molecule has 4 nitrogen and oxygen atoms in total. The van der Waals surface area contributed by atoms with Gasteiger partial charge in [0.05, 0.1) is 11.0 Å². The predicted molar refractivity (Wildman–Crippen MR) is 135 cm³/mol. The van der Waals surface area contributed by atoms with Gasteiger partial charge >= 0.3 is 0 Å². The molecule has 0 radical (unpaired) electrons. The van der Waals surface area contributed by atoms with Crippen molar-refractivity contribution in [1.82, 2.24) is 4.90 Å². The van der Waals surface area contributed by atoms with Crippen LogP contribution in [-0.4, -0.2) is 39.1 Å². The molecule has 0 unspecified atom stereocenters. The molecule has 3 saturated carbocycles. The minimum Gasteiger partial charge on any atom is -0.304 e.